The summed E-state index contributed by atoms with van der Waals surface area (Å²) in [5.74, 6) is 0.273. The van der Waals surface area contributed by atoms with Gasteiger partial charge in [0.15, 0.2) is 0 Å². The van der Waals surface area contributed by atoms with E-state index in [0.29, 0.717) is 0 Å². The van der Waals surface area contributed by atoms with Crippen LogP contribution < -0.4 is 0 Å². The van der Waals surface area contributed by atoms with E-state index in [4.69, 9.17) is 5.26 Å². The largest absolute Gasteiger partial charge is 0.260 e. The van der Waals surface area contributed by atoms with Crippen LogP contribution in [0.2, 0.25) is 0 Å². The molecule has 1 unspecified atom stereocenters. The lowest BCUT2D eigenvalue weighted by atomic mass is 10.0. The highest BCUT2D eigenvalue weighted by atomic mass is 32.2. The Bertz CT molecular complexity index is 342. The molecule has 15 heavy (non-hydrogen) atoms. The zero-order chi connectivity index (χ0) is 11.4. The summed E-state index contributed by atoms with van der Waals surface area (Å²) in [6.07, 6.45) is 1.90. The molecule has 1 N–H and O–H groups in total. The van der Waals surface area contributed by atoms with Crippen LogP contribution in [0.3, 0.4) is 0 Å². The summed E-state index contributed by atoms with van der Waals surface area (Å²) >= 11 is 1.52. The standard InChI is InChI=1S/C11H17NO2S/c1-7-5-12-11(9(3)8(7)2)10(4)15-6-14-13/h5,10,13H,6H2,1-4H3. The SMILES string of the molecule is Cc1cnc(C(C)SCOO)c(C)c1C. The van der Waals surface area contributed by atoms with Crippen LogP contribution in [0.25, 0.3) is 0 Å². The molecule has 0 fully saturated rings. The van der Waals surface area contributed by atoms with Crippen molar-refractivity contribution in [2.75, 3.05) is 5.94 Å². The number of aromatic nitrogens is 1. The second-order valence-corrected chi connectivity index (χ2v) is 4.91. The van der Waals surface area contributed by atoms with Gasteiger partial charge in [-0.25, -0.2) is 4.89 Å². The highest BCUT2D eigenvalue weighted by molar-refractivity contribution is 7.99. The topological polar surface area (TPSA) is 42.4 Å². The molecule has 1 atom stereocenters. The fourth-order valence-corrected chi connectivity index (χ4v) is 2.13. The number of thioether (sulfide) groups is 1. The molecule has 1 aromatic heterocycles. The summed E-state index contributed by atoms with van der Waals surface area (Å²) < 4.78 is 0. The van der Waals surface area contributed by atoms with Crippen LogP contribution in [0.15, 0.2) is 6.20 Å². The number of rotatable bonds is 4. The summed E-state index contributed by atoms with van der Waals surface area (Å²) in [6, 6.07) is 0. The van der Waals surface area contributed by atoms with Crippen molar-refractivity contribution in [3.05, 3.63) is 28.6 Å². The second-order valence-electron chi connectivity index (χ2n) is 3.63. The lowest BCUT2D eigenvalue weighted by Gasteiger charge is -2.15. The Morgan fingerprint density at radius 3 is 2.67 bits per heavy atom. The fourth-order valence-electron chi connectivity index (χ4n) is 1.47. The number of nitrogens with zero attached hydrogens (tertiary/aromatic N) is 1. The van der Waals surface area contributed by atoms with Gasteiger partial charge < -0.3 is 0 Å². The predicted octanol–water partition coefficient (Wildman–Crippen LogP) is 3.25. The smallest absolute Gasteiger partial charge is 0.128 e. The normalized spacial score (nSPS) is 12.9. The van der Waals surface area contributed by atoms with Crippen LogP contribution in [0.5, 0.6) is 0 Å². The van der Waals surface area contributed by atoms with Gasteiger partial charge in [0.1, 0.15) is 5.94 Å². The molecule has 4 heteroatoms. The average molecular weight is 227 g/mol. The summed E-state index contributed by atoms with van der Waals surface area (Å²) in [6.45, 7) is 8.32. The summed E-state index contributed by atoms with van der Waals surface area (Å²) in [5, 5.41) is 8.52. The number of aryl methyl sites for hydroxylation is 1. The molecule has 0 aromatic carbocycles. The molecule has 1 aromatic rings. The summed E-state index contributed by atoms with van der Waals surface area (Å²) in [7, 11) is 0. The third-order valence-corrected chi connectivity index (χ3v) is 3.66. The molecule has 3 nitrogen and oxygen atoms in total. The zero-order valence-corrected chi connectivity index (χ0v) is 10.4. The van der Waals surface area contributed by atoms with Gasteiger partial charge in [-0.15, -0.1) is 11.8 Å². The molecular formula is C11H17NO2S. The van der Waals surface area contributed by atoms with Gasteiger partial charge in [0.25, 0.3) is 0 Å². The molecule has 0 radical (unpaired) electrons. The molecule has 84 valence electrons. The van der Waals surface area contributed by atoms with Crippen molar-refractivity contribution >= 4 is 11.8 Å². The molecule has 0 spiro atoms. The molecule has 0 bridgehead atoms. The molecule has 0 saturated heterocycles. The molecule has 1 heterocycles. The van der Waals surface area contributed by atoms with Crippen molar-refractivity contribution in [1.29, 1.82) is 0 Å². The van der Waals surface area contributed by atoms with Gasteiger partial charge >= 0.3 is 0 Å². The Kier molecular flexibility index (Phi) is 4.57. The predicted molar refractivity (Wildman–Crippen MR) is 63.0 cm³/mol. The first-order valence-corrected chi connectivity index (χ1v) is 5.93. The van der Waals surface area contributed by atoms with Gasteiger partial charge in [-0.05, 0) is 44.4 Å². The Balaban J connectivity index is 2.90. The van der Waals surface area contributed by atoms with Gasteiger partial charge in [0.2, 0.25) is 0 Å². The first-order chi connectivity index (χ1) is 7.07. The van der Waals surface area contributed by atoms with E-state index in [0.717, 1.165) is 5.69 Å². The van der Waals surface area contributed by atoms with Crippen molar-refractivity contribution in [3.8, 4) is 0 Å². The number of pyridine rings is 1. The quantitative estimate of drug-likeness (QED) is 0.487. The highest BCUT2D eigenvalue weighted by Gasteiger charge is 2.12. The first kappa shape index (κ1) is 12.5. The van der Waals surface area contributed by atoms with Crippen LogP contribution in [-0.2, 0) is 4.89 Å². The lowest BCUT2D eigenvalue weighted by molar-refractivity contribution is -0.222. The van der Waals surface area contributed by atoms with Gasteiger partial charge in [-0.1, -0.05) is 0 Å². The number of hydrogen-bond donors (Lipinski definition) is 1. The molecule has 0 aliphatic carbocycles. The van der Waals surface area contributed by atoms with Crippen molar-refractivity contribution in [3.63, 3.8) is 0 Å². The second kappa shape index (κ2) is 5.49. The summed E-state index contributed by atoms with van der Waals surface area (Å²) in [5.41, 5.74) is 4.80. The Morgan fingerprint density at radius 1 is 1.40 bits per heavy atom. The molecular weight excluding hydrogens is 210 g/mol. The van der Waals surface area contributed by atoms with Gasteiger partial charge in [0.05, 0.1) is 5.69 Å². The van der Waals surface area contributed by atoms with Crippen molar-refractivity contribution in [2.24, 2.45) is 0 Å². The Labute approximate surface area is 94.8 Å². The van der Waals surface area contributed by atoms with Crippen molar-refractivity contribution in [1.82, 2.24) is 4.98 Å². The number of hydrogen-bond acceptors (Lipinski definition) is 4. The van der Waals surface area contributed by atoms with E-state index in [1.54, 1.807) is 0 Å². The van der Waals surface area contributed by atoms with Crippen LogP contribution in [0.1, 0.15) is 34.6 Å². The monoisotopic (exact) mass is 227 g/mol. The minimum atomic E-state index is 0.233. The summed E-state index contributed by atoms with van der Waals surface area (Å²) in [4.78, 5) is 8.50. The van der Waals surface area contributed by atoms with E-state index in [1.807, 2.05) is 6.20 Å². The molecule has 0 aliphatic heterocycles. The van der Waals surface area contributed by atoms with Crippen molar-refractivity contribution in [2.45, 2.75) is 32.9 Å². The zero-order valence-electron chi connectivity index (χ0n) is 9.57. The highest BCUT2D eigenvalue weighted by Crippen LogP contribution is 2.30. The average Bonchev–Trinajstić information content (AvgIpc) is 2.23. The van der Waals surface area contributed by atoms with Crippen LogP contribution in [-0.4, -0.2) is 16.2 Å². The van der Waals surface area contributed by atoms with Gasteiger partial charge in [-0.2, -0.15) is 0 Å². The minimum absolute atomic E-state index is 0.233. The maximum atomic E-state index is 8.29. The Hall–Kier alpha value is -0.580. The van der Waals surface area contributed by atoms with E-state index in [-0.39, 0.29) is 11.2 Å². The van der Waals surface area contributed by atoms with Crippen LogP contribution in [0, 0.1) is 20.8 Å². The van der Waals surface area contributed by atoms with Gasteiger partial charge in [0, 0.05) is 11.4 Å². The van der Waals surface area contributed by atoms with Crippen LogP contribution in [0.4, 0.5) is 0 Å². The van der Waals surface area contributed by atoms with E-state index in [9.17, 15) is 0 Å². The van der Waals surface area contributed by atoms with E-state index in [1.165, 1.54) is 28.5 Å². The first-order valence-electron chi connectivity index (χ1n) is 4.88. The van der Waals surface area contributed by atoms with E-state index < -0.39 is 0 Å². The maximum Gasteiger partial charge on any atom is 0.128 e. The van der Waals surface area contributed by atoms with Gasteiger partial charge in [-0.3, -0.25) is 10.2 Å². The van der Waals surface area contributed by atoms with E-state index in [2.05, 4.69) is 37.6 Å². The molecule has 0 aliphatic rings. The molecule has 0 amide bonds. The Morgan fingerprint density at radius 2 is 2.07 bits per heavy atom. The third kappa shape index (κ3) is 2.93. The lowest BCUT2D eigenvalue weighted by Crippen LogP contribution is -2.02. The van der Waals surface area contributed by atoms with E-state index >= 15 is 0 Å². The maximum absolute atomic E-state index is 8.29. The molecule has 1 rings (SSSR count). The third-order valence-electron chi connectivity index (χ3n) is 2.69. The minimum Gasteiger partial charge on any atom is -0.260 e. The fraction of sp³-hybridized carbons (Fsp3) is 0.545. The van der Waals surface area contributed by atoms with Crippen molar-refractivity contribution < 1.29 is 10.1 Å². The van der Waals surface area contributed by atoms with Crippen LogP contribution >= 0.6 is 11.8 Å². The molecule has 0 saturated carbocycles.